The van der Waals surface area contributed by atoms with Gasteiger partial charge in [-0.2, -0.15) is 0 Å². The predicted molar refractivity (Wildman–Crippen MR) is 356 cm³/mol. The topological polar surface area (TPSA) is 307 Å². The second-order valence-electron chi connectivity index (χ2n) is 26.0. The van der Waals surface area contributed by atoms with Crippen LogP contribution < -0.4 is 5.32 Å². The van der Waals surface area contributed by atoms with Crippen molar-refractivity contribution in [1.82, 2.24) is 5.32 Å². The quantitative estimate of drug-likeness (QED) is 0.0199. The van der Waals surface area contributed by atoms with Gasteiger partial charge in [0, 0.05) is 6.42 Å². The van der Waals surface area contributed by atoms with E-state index in [2.05, 4.69) is 67.8 Å². The lowest BCUT2D eigenvalue weighted by Gasteiger charge is -2.48. The summed E-state index contributed by atoms with van der Waals surface area (Å²) in [6.07, 6.45) is 37.8. The third-order valence-corrected chi connectivity index (χ3v) is 18.2. The molecule has 0 radical (unpaired) electrons. The number of unbranched alkanes of at least 4 members (excludes halogenated alkanes) is 32. The van der Waals surface area contributed by atoms with Crippen molar-refractivity contribution in [2.24, 2.45) is 0 Å². The van der Waals surface area contributed by atoms with Crippen LogP contribution in [-0.4, -0.2) is 193 Å². The van der Waals surface area contributed by atoms with E-state index in [0.717, 1.165) is 70.6 Å². The fourth-order valence-electron chi connectivity index (χ4n) is 12.3. The van der Waals surface area contributed by atoms with Crippen molar-refractivity contribution in [3.8, 4) is 0 Å². The second-order valence-corrected chi connectivity index (χ2v) is 26.0. The van der Waals surface area contributed by atoms with Crippen LogP contribution in [0.4, 0.5) is 0 Å². The Bertz CT molecular complexity index is 1840. The first-order valence-electron chi connectivity index (χ1n) is 36.4. The van der Waals surface area contributed by atoms with E-state index in [-0.39, 0.29) is 18.9 Å². The fourth-order valence-corrected chi connectivity index (χ4v) is 12.3. The summed E-state index contributed by atoms with van der Waals surface area (Å²) in [4.78, 5) is 13.4. The Kier molecular flexibility index (Phi) is 49.1. The molecule has 0 aromatic carbocycles. The molecule has 19 nitrogen and oxygen atoms in total. The van der Waals surface area contributed by atoms with Crippen LogP contribution in [0, 0.1) is 0 Å². The lowest BCUT2D eigenvalue weighted by atomic mass is 9.96. The third-order valence-electron chi connectivity index (χ3n) is 18.2. The smallest absolute Gasteiger partial charge is 0.220 e. The van der Waals surface area contributed by atoms with Crippen LogP contribution >= 0.6 is 0 Å². The Hall–Kier alpha value is -2.25. The number of nitrogens with one attached hydrogen (secondary N) is 1. The van der Waals surface area contributed by atoms with Gasteiger partial charge < -0.3 is 89.9 Å². The number of ether oxygens (including phenoxy) is 6. The van der Waals surface area contributed by atoms with Crippen LogP contribution in [0.5, 0.6) is 0 Å². The maximum absolute atomic E-state index is 13.4. The molecule has 3 saturated heterocycles. The first-order chi connectivity index (χ1) is 44.3. The minimum absolute atomic E-state index is 0.240. The summed E-state index contributed by atoms with van der Waals surface area (Å²) in [6, 6.07) is -0.885. The summed E-state index contributed by atoms with van der Waals surface area (Å²) in [6.45, 7) is 1.70. The molecule has 91 heavy (non-hydrogen) atoms. The fraction of sp³-hybridized carbons (Fsp3) is 0.875. The molecule has 3 rings (SSSR count). The Morgan fingerprint density at radius 2 is 0.758 bits per heavy atom. The largest absolute Gasteiger partial charge is 0.394 e. The Labute approximate surface area is 548 Å². The number of aliphatic hydroxyl groups excluding tert-OH is 11. The number of hydrogen-bond acceptors (Lipinski definition) is 18. The molecule has 3 aliphatic heterocycles. The molecule has 3 fully saturated rings. The predicted octanol–water partition coefficient (Wildman–Crippen LogP) is 10.2. The van der Waals surface area contributed by atoms with Crippen molar-refractivity contribution in [2.45, 2.75) is 375 Å². The molecular formula is C72H131NO18. The highest BCUT2D eigenvalue weighted by Crippen LogP contribution is 2.33. The van der Waals surface area contributed by atoms with Gasteiger partial charge in [-0.1, -0.05) is 262 Å². The van der Waals surface area contributed by atoms with Gasteiger partial charge in [0.25, 0.3) is 0 Å². The van der Waals surface area contributed by atoms with Crippen molar-refractivity contribution in [3.05, 3.63) is 48.6 Å². The highest BCUT2D eigenvalue weighted by atomic mass is 16.8. The molecule has 12 N–H and O–H groups in total. The van der Waals surface area contributed by atoms with Gasteiger partial charge in [0.05, 0.1) is 38.6 Å². The number of hydrogen-bond donors (Lipinski definition) is 12. The lowest BCUT2D eigenvalue weighted by molar-refractivity contribution is -0.379. The van der Waals surface area contributed by atoms with E-state index in [1.54, 1.807) is 0 Å². The van der Waals surface area contributed by atoms with E-state index in [0.29, 0.717) is 12.8 Å². The van der Waals surface area contributed by atoms with Gasteiger partial charge in [0.2, 0.25) is 5.91 Å². The van der Waals surface area contributed by atoms with Gasteiger partial charge >= 0.3 is 0 Å². The van der Waals surface area contributed by atoms with Gasteiger partial charge in [-0.15, -0.1) is 0 Å². The van der Waals surface area contributed by atoms with Crippen molar-refractivity contribution >= 4 is 5.91 Å². The van der Waals surface area contributed by atoms with Crippen LogP contribution in [-0.2, 0) is 33.2 Å². The molecule has 0 spiro atoms. The number of aliphatic hydroxyl groups is 11. The van der Waals surface area contributed by atoms with E-state index >= 15 is 0 Å². The number of carbonyl (C=O) groups is 1. The summed E-state index contributed by atoms with van der Waals surface area (Å²) in [5.74, 6) is -0.240. The average Bonchev–Trinajstić information content (AvgIpc) is 0.871. The summed E-state index contributed by atoms with van der Waals surface area (Å²) in [7, 11) is 0. The first kappa shape index (κ1) is 83.0. The first-order valence-corrected chi connectivity index (χ1v) is 36.4. The van der Waals surface area contributed by atoms with Crippen LogP contribution in [0.3, 0.4) is 0 Å². The molecular weight excluding hydrogens is 1170 g/mol. The van der Waals surface area contributed by atoms with Gasteiger partial charge in [0.1, 0.15) is 73.2 Å². The number of carbonyl (C=O) groups excluding carboxylic acids is 1. The Morgan fingerprint density at radius 3 is 1.19 bits per heavy atom. The van der Waals surface area contributed by atoms with Crippen LogP contribution in [0.2, 0.25) is 0 Å². The maximum Gasteiger partial charge on any atom is 0.220 e. The van der Waals surface area contributed by atoms with E-state index in [4.69, 9.17) is 28.4 Å². The number of rotatable bonds is 56. The Balaban J connectivity index is 1.34. The van der Waals surface area contributed by atoms with E-state index in [1.807, 2.05) is 0 Å². The number of allylic oxidation sites excluding steroid dienone is 8. The monoisotopic (exact) mass is 1300 g/mol. The SMILES string of the molecule is CC/C=C\C/C=C\C/C=C\C/C=C\CCCCCCCCCCCCCCCCCCCCCCC(=O)NC(COC1OC(CO)C(OC2OC(CO)C(OC3OC(CO)C(O)C(O)C3O)C(O)C2O)C(O)C1O)C(O)CCCCCCCCCCCCCCC. The molecule has 0 saturated carbocycles. The maximum atomic E-state index is 13.4. The molecule has 1 amide bonds. The molecule has 0 aromatic rings. The molecule has 0 bridgehead atoms. The van der Waals surface area contributed by atoms with Crippen LogP contribution in [0.1, 0.15) is 271 Å². The summed E-state index contributed by atoms with van der Waals surface area (Å²) < 4.78 is 34.4. The van der Waals surface area contributed by atoms with Crippen molar-refractivity contribution in [1.29, 1.82) is 0 Å². The number of amides is 1. The van der Waals surface area contributed by atoms with E-state index in [9.17, 15) is 61.0 Å². The highest BCUT2D eigenvalue weighted by Gasteiger charge is 2.53. The normalized spacial score (nSPS) is 28.1. The van der Waals surface area contributed by atoms with Gasteiger partial charge in [0.15, 0.2) is 18.9 Å². The zero-order valence-corrected chi connectivity index (χ0v) is 56.3. The molecule has 0 aliphatic carbocycles. The van der Waals surface area contributed by atoms with Crippen molar-refractivity contribution in [3.63, 3.8) is 0 Å². The molecule has 17 atom stereocenters. The summed E-state index contributed by atoms with van der Waals surface area (Å²) >= 11 is 0. The van der Waals surface area contributed by atoms with E-state index < -0.39 is 124 Å². The van der Waals surface area contributed by atoms with Gasteiger partial charge in [-0.25, -0.2) is 0 Å². The highest BCUT2D eigenvalue weighted by molar-refractivity contribution is 5.76. The van der Waals surface area contributed by atoms with Crippen molar-refractivity contribution < 1.29 is 89.4 Å². The van der Waals surface area contributed by atoms with Crippen LogP contribution in [0.25, 0.3) is 0 Å². The van der Waals surface area contributed by atoms with Crippen molar-refractivity contribution in [2.75, 3.05) is 26.4 Å². The molecule has 0 aromatic heterocycles. The second kappa shape index (κ2) is 53.8. The average molecular weight is 1300 g/mol. The van der Waals surface area contributed by atoms with Gasteiger partial charge in [-0.05, 0) is 51.4 Å². The minimum atomic E-state index is -1.97. The zero-order chi connectivity index (χ0) is 66.1. The third kappa shape index (κ3) is 35.5. The molecule has 3 aliphatic rings. The summed E-state index contributed by atoms with van der Waals surface area (Å²) in [5.41, 5.74) is 0. The van der Waals surface area contributed by atoms with Crippen LogP contribution in [0.15, 0.2) is 48.6 Å². The standard InChI is InChI=1S/C72H131NO18/c1-3-5-7-9-11-13-15-17-18-19-20-21-22-23-24-25-26-27-28-29-30-31-32-33-34-35-36-38-40-42-44-46-48-50-60(78)73-55(56(77)49-47-45-43-41-39-37-16-14-12-10-8-6-4-2)54-86-70-66(84)63(81)68(58(52-75)88-70)91-72-67(85)64(82)69(59(53-76)89-72)90-71-65(83)62(80)61(79)57(51-74)87-71/h5,7,11,13,17-18,20-21,55-59,61-72,74-77,79-85H,3-4,6,8-10,12,14-16,19,22-54H2,1-2H3,(H,73,78)/b7-5-,13-11-,18-17-,21-20-. The Morgan fingerprint density at radius 1 is 0.407 bits per heavy atom. The molecule has 3 heterocycles. The summed E-state index contributed by atoms with van der Waals surface area (Å²) in [5, 5.41) is 121. The van der Waals surface area contributed by atoms with Gasteiger partial charge in [-0.3, -0.25) is 4.79 Å². The lowest BCUT2D eigenvalue weighted by Crippen LogP contribution is -2.66. The minimum Gasteiger partial charge on any atom is -0.394 e. The van der Waals surface area contributed by atoms with E-state index in [1.165, 1.54) is 167 Å². The molecule has 19 heteroatoms. The zero-order valence-electron chi connectivity index (χ0n) is 56.3. The molecule has 532 valence electrons. The molecule has 17 unspecified atom stereocenters.